The predicted molar refractivity (Wildman–Crippen MR) is 46.4 cm³/mol. The molecule has 1 unspecified atom stereocenters. The van der Waals surface area contributed by atoms with E-state index >= 15 is 0 Å². The summed E-state index contributed by atoms with van der Waals surface area (Å²) in [6.07, 6.45) is 9.42. The summed E-state index contributed by atoms with van der Waals surface area (Å²) in [5.74, 6) is 0.699. The van der Waals surface area contributed by atoms with Gasteiger partial charge in [0, 0.05) is 5.92 Å². The molecule has 62 valence electrons. The molecule has 1 atom stereocenters. The van der Waals surface area contributed by atoms with Gasteiger partial charge in [-0.05, 0) is 25.3 Å². The van der Waals surface area contributed by atoms with Crippen molar-refractivity contribution in [1.29, 1.82) is 0 Å². The Bertz CT molecular complexity index is 158. The van der Waals surface area contributed by atoms with Gasteiger partial charge in [-0.1, -0.05) is 25.8 Å². The van der Waals surface area contributed by atoms with Crippen LogP contribution < -0.4 is 0 Å². The molecule has 0 N–H and O–H groups in total. The second-order valence-electron chi connectivity index (χ2n) is 3.22. The molecule has 1 aliphatic rings. The largest absolute Gasteiger partial charge is 0.295 e. The highest BCUT2D eigenvalue weighted by Crippen LogP contribution is 2.20. The van der Waals surface area contributed by atoms with Gasteiger partial charge in [0.15, 0.2) is 5.78 Å². The molecule has 1 rings (SSSR count). The van der Waals surface area contributed by atoms with Crippen molar-refractivity contribution >= 4 is 5.78 Å². The van der Waals surface area contributed by atoms with Crippen molar-refractivity contribution in [2.24, 2.45) is 5.92 Å². The molecule has 0 radical (unpaired) electrons. The second kappa shape index (κ2) is 4.32. The van der Waals surface area contributed by atoms with Gasteiger partial charge in [-0.25, -0.2) is 0 Å². The van der Waals surface area contributed by atoms with Crippen molar-refractivity contribution in [2.45, 2.75) is 39.0 Å². The monoisotopic (exact) mass is 152 g/mol. The Kier molecular flexibility index (Phi) is 3.34. The fourth-order valence-corrected chi connectivity index (χ4v) is 1.51. The van der Waals surface area contributed by atoms with Gasteiger partial charge in [-0.15, -0.1) is 0 Å². The van der Waals surface area contributed by atoms with Gasteiger partial charge in [-0.3, -0.25) is 4.79 Å². The molecule has 0 aliphatic heterocycles. The number of unbranched alkanes of at least 4 members (excludes halogenated alkanes) is 1. The summed E-state index contributed by atoms with van der Waals surface area (Å²) in [7, 11) is 0. The predicted octanol–water partition coefficient (Wildman–Crippen LogP) is 2.71. The van der Waals surface area contributed by atoms with Crippen molar-refractivity contribution in [1.82, 2.24) is 0 Å². The van der Waals surface area contributed by atoms with Crippen molar-refractivity contribution < 1.29 is 4.79 Å². The Labute approximate surface area is 68.5 Å². The first-order valence-electron chi connectivity index (χ1n) is 4.55. The molecule has 1 aliphatic carbocycles. The summed E-state index contributed by atoms with van der Waals surface area (Å²) in [6, 6.07) is 0. The van der Waals surface area contributed by atoms with Crippen molar-refractivity contribution in [3.8, 4) is 0 Å². The van der Waals surface area contributed by atoms with Gasteiger partial charge < -0.3 is 0 Å². The summed E-state index contributed by atoms with van der Waals surface area (Å²) in [5.41, 5.74) is 0. The van der Waals surface area contributed by atoms with Crippen LogP contribution in [0.2, 0.25) is 0 Å². The highest BCUT2D eigenvalue weighted by Gasteiger charge is 2.16. The number of hydrogen-bond acceptors (Lipinski definition) is 1. The quantitative estimate of drug-likeness (QED) is 0.607. The number of carbonyl (C=O) groups is 1. The molecule has 0 aromatic rings. The van der Waals surface area contributed by atoms with E-state index in [1.165, 1.54) is 12.8 Å². The average Bonchev–Trinajstić information content (AvgIpc) is 2.03. The molecule has 0 amide bonds. The third kappa shape index (κ3) is 2.49. The molecule has 0 aromatic carbocycles. The van der Waals surface area contributed by atoms with Crippen LogP contribution in [-0.4, -0.2) is 5.78 Å². The van der Waals surface area contributed by atoms with Crippen LogP contribution in [0.1, 0.15) is 39.0 Å². The van der Waals surface area contributed by atoms with Gasteiger partial charge >= 0.3 is 0 Å². The number of rotatable bonds is 3. The standard InChI is InChI=1S/C10H16O/c1-2-3-6-9-7-4-5-8-10(9)11/h5,8-9H,2-4,6-7H2,1H3. The van der Waals surface area contributed by atoms with Crippen LogP contribution in [0, 0.1) is 5.92 Å². The minimum Gasteiger partial charge on any atom is -0.295 e. The van der Waals surface area contributed by atoms with Crippen molar-refractivity contribution in [3.05, 3.63) is 12.2 Å². The van der Waals surface area contributed by atoms with E-state index in [1.807, 2.05) is 6.08 Å². The number of hydrogen-bond donors (Lipinski definition) is 0. The topological polar surface area (TPSA) is 17.1 Å². The normalized spacial score (nSPS) is 24.1. The lowest BCUT2D eigenvalue weighted by molar-refractivity contribution is -0.119. The maximum absolute atomic E-state index is 11.2. The molecule has 0 bridgehead atoms. The first kappa shape index (κ1) is 8.51. The maximum Gasteiger partial charge on any atom is 0.158 e. The molecule has 1 heteroatoms. The zero-order valence-electron chi connectivity index (χ0n) is 7.18. The lowest BCUT2D eigenvalue weighted by atomic mass is 9.89. The average molecular weight is 152 g/mol. The SMILES string of the molecule is CCCCC1CCC=CC1=O. The van der Waals surface area contributed by atoms with E-state index in [0.29, 0.717) is 11.7 Å². The fraction of sp³-hybridized carbons (Fsp3) is 0.700. The molecule has 0 spiro atoms. The molecule has 0 fully saturated rings. The molecule has 1 nitrogen and oxygen atoms in total. The maximum atomic E-state index is 11.2. The summed E-state index contributed by atoms with van der Waals surface area (Å²) in [5, 5.41) is 0. The number of allylic oxidation sites excluding steroid dienone is 2. The molecule has 0 saturated carbocycles. The highest BCUT2D eigenvalue weighted by molar-refractivity contribution is 5.92. The number of carbonyl (C=O) groups excluding carboxylic acids is 1. The van der Waals surface area contributed by atoms with Gasteiger partial charge in [-0.2, -0.15) is 0 Å². The third-order valence-corrected chi connectivity index (χ3v) is 2.27. The molecular weight excluding hydrogens is 136 g/mol. The lowest BCUT2D eigenvalue weighted by Gasteiger charge is -2.15. The summed E-state index contributed by atoms with van der Waals surface area (Å²) < 4.78 is 0. The Morgan fingerprint density at radius 2 is 2.45 bits per heavy atom. The minimum atomic E-state index is 0.347. The van der Waals surface area contributed by atoms with Crippen LogP contribution in [0.25, 0.3) is 0 Å². The third-order valence-electron chi connectivity index (χ3n) is 2.27. The van der Waals surface area contributed by atoms with Crippen LogP contribution >= 0.6 is 0 Å². The van der Waals surface area contributed by atoms with Crippen LogP contribution in [0.3, 0.4) is 0 Å². The minimum absolute atomic E-state index is 0.347. The van der Waals surface area contributed by atoms with Crippen LogP contribution in [0.15, 0.2) is 12.2 Å². The van der Waals surface area contributed by atoms with Crippen LogP contribution in [0.4, 0.5) is 0 Å². The van der Waals surface area contributed by atoms with Crippen LogP contribution in [0.5, 0.6) is 0 Å². The van der Waals surface area contributed by atoms with E-state index in [4.69, 9.17) is 0 Å². The van der Waals surface area contributed by atoms with E-state index in [9.17, 15) is 4.79 Å². The van der Waals surface area contributed by atoms with E-state index < -0.39 is 0 Å². The molecule has 0 saturated heterocycles. The zero-order chi connectivity index (χ0) is 8.10. The van der Waals surface area contributed by atoms with E-state index in [-0.39, 0.29) is 0 Å². The Balaban J connectivity index is 2.33. The lowest BCUT2D eigenvalue weighted by Crippen LogP contribution is -2.14. The summed E-state index contributed by atoms with van der Waals surface area (Å²) in [6.45, 7) is 2.17. The van der Waals surface area contributed by atoms with Gasteiger partial charge in [0.1, 0.15) is 0 Å². The fourth-order valence-electron chi connectivity index (χ4n) is 1.51. The van der Waals surface area contributed by atoms with Gasteiger partial charge in [0.2, 0.25) is 0 Å². The van der Waals surface area contributed by atoms with Gasteiger partial charge in [0.25, 0.3) is 0 Å². The Morgan fingerprint density at radius 1 is 1.64 bits per heavy atom. The first-order chi connectivity index (χ1) is 5.34. The Morgan fingerprint density at radius 3 is 3.09 bits per heavy atom. The summed E-state index contributed by atoms with van der Waals surface area (Å²) >= 11 is 0. The van der Waals surface area contributed by atoms with E-state index in [2.05, 4.69) is 6.92 Å². The summed E-state index contributed by atoms with van der Waals surface area (Å²) in [4.78, 5) is 11.2. The first-order valence-corrected chi connectivity index (χ1v) is 4.55. The highest BCUT2D eigenvalue weighted by atomic mass is 16.1. The second-order valence-corrected chi connectivity index (χ2v) is 3.22. The number of ketones is 1. The smallest absolute Gasteiger partial charge is 0.158 e. The molecule has 11 heavy (non-hydrogen) atoms. The van der Waals surface area contributed by atoms with Gasteiger partial charge in [0.05, 0.1) is 0 Å². The molecule has 0 heterocycles. The van der Waals surface area contributed by atoms with E-state index in [0.717, 1.165) is 19.3 Å². The van der Waals surface area contributed by atoms with Crippen molar-refractivity contribution in [2.75, 3.05) is 0 Å². The van der Waals surface area contributed by atoms with Crippen molar-refractivity contribution in [3.63, 3.8) is 0 Å². The molecule has 0 aromatic heterocycles. The zero-order valence-corrected chi connectivity index (χ0v) is 7.18. The van der Waals surface area contributed by atoms with Crippen LogP contribution in [-0.2, 0) is 4.79 Å². The molecular formula is C10H16O. The Hall–Kier alpha value is -0.590. The van der Waals surface area contributed by atoms with E-state index in [1.54, 1.807) is 6.08 Å².